The van der Waals surface area contributed by atoms with Gasteiger partial charge in [0.15, 0.2) is 17.3 Å². The van der Waals surface area contributed by atoms with Crippen molar-refractivity contribution in [3.8, 4) is 11.5 Å². The Kier molecular flexibility index (Phi) is 4.92. The Balaban J connectivity index is 1.62. The maximum Gasteiger partial charge on any atom is 0.259 e. The molecule has 6 nitrogen and oxygen atoms in total. The van der Waals surface area contributed by atoms with E-state index in [4.69, 9.17) is 9.47 Å². The van der Waals surface area contributed by atoms with Gasteiger partial charge in [-0.05, 0) is 53.8 Å². The molecule has 3 aliphatic rings. The van der Waals surface area contributed by atoms with Crippen LogP contribution in [-0.2, 0) is 4.79 Å². The fraction of sp³-hybridized carbons (Fsp3) is 0.241. The van der Waals surface area contributed by atoms with Crippen LogP contribution >= 0.6 is 0 Å². The van der Waals surface area contributed by atoms with E-state index in [9.17, 15) is 9.59 Å². The average molecular weight is 467 g/mol. The number of hydrogen-bond donors (Lipinski definition) is 1. The molecule has 176 valence electrons. The molecule has 0 fully saturated rings. The maximum atomic E-state index is 14.1. The normalized spacial score (nSPS) is 20.0. The van der Waals surface area contributed by atoms with Gasteiger partial charge in [-0.25, -0.2) is 0 Å². The van der Waals surface area contributed by atoms with Gasteiger partial charge in [0, 0.05) is 23.3 Å². The van der Waals surface area contributed by atoms with Crippen LogP contribution in [0, 0.1) is 5.41 Å². The fourth-order valence-electron chi connectivity index (χ4n) is 5.33. The van der Waals surface area contributed by atoms with Crippen LogP contribution in [-0.4, -0.2) is 18.5 Å². The molecule has 0 radical (unpaired) electrons. The van der Waals surface area contributed by atoms with Gasteiger partial charge in [-0.3, -0.25) is 14.5 Å². The Morgan fingerprint density at radius 2 is 1.69 bits per heavy atom. The molecule has 35 heavy (non-hydrogen) atoms. The first kappa shape index (κ1) is 21.5. The summed E-state index contributed by atoms with van der Waals surface area (Å²) in [5.74, 6) is 1.15. The van der Waals surface area contributed by atoms with E-state index in [2.05, 4.69) is 19.2 Å². The summed E-state index contributed by atoms with van der Waals surface area (Å²) in [6.45, 7) is 4.37. The standard InChI is InChI=1S/C29H26N2O4/c1-29(2)15-21-26(23(32)16-29)27(19-12-13-24-25(14-19)35-17-34-24)31(22-11-7-6-10-20(22)30-21)28(33)18-8-4-3-5-9-18/h3-14,27,30H,15-17H2,1-2H3/t27-/m0/s1. The SMILES string of the molecule is CC1(C)CC(=O)C2=C(C1)Nc1ccccc1N(C(=O)c1ccccc1)[C@H]2c1ccc2c(c1)OCO2. The highest BCUT2D eigenvalue weighted by molar-refractivity contribution is 6.12. The second kappa shape index (κ2) is 8.01. The fourth-order valence-corrected chi connectivity index (χ4v) is 5.33. The minimum Gasteiger partial charge on any atom is -0.454 e. The smallest absolute Gasteiger partial charge is 0.259 e. The van der Waals surface area contributed by atoms with Crippen LogP contribution in [0.15, 0.2) is 84.1 Å². The van der Waals surface area contributed by atoms with E-state index >= 15 is 0 Å². The lowest BCUT2D eigenvalue weighted by atomic mass is 9.73. The average Bonchev–Trinajstić information content (AvgIpc) is 3.26. The van der Waals surface area contributed by atoms with Crippen LogP contribution in [0.1, 0.15) is 48.7 Å². The molecule has 3 aromatic rings. The minimum atomic E-state index is -0.619. The molecule has 1 N–H and O–H groups in total. The number of carbonyl (C=O) groups excluding carboxylic acids is 2. The third kappa shape index (κ3) is 3.66. The lowest BCUT2D eigenvalue weighted by Gasteiger charge is -2.37. The minimum absolute atomic E-state index is 0.0464. The van der Waals surface area contributed by atoms with Gasteiger partial charge in [0.1, 0.15) is 0 Å². The third-order valence-electron chi connectivity index (χ3n) is 6.85. The highest BCUT2D eigenvalue weighted by Gasteiger charge is 2.43. The van der Waals surface area contributed by atoms with E-state index in [1.165, 1.54) is 0 Å². The van der Waals surface area contributed by atoms with E-state index < -0.39 is 6.04 Å². The molecular formula is C29H26N2O4. The molecule has 0 spiro atoms. The predicted molar refractivity (Wildman–Crippen MR) is 134 cm³/mol. The zero-order valence-corrected chi connectivity index (χ0v) is 19.7. The second-order valence-corrected chi connectivity index (χ2v) is 10.0. The molecule has 3 aromatic carbocycles. The van der Waals surface area contributed by atoms with Gasteiger partial charge in [-0.1, -0.05) is 50.2 Å². The number of ether oxygens (including phenoxy) is 2. The first-order chi connectivity index (χ1) is 16.9. The number of carbonyl (C=O) groups is 2. The molecule has 0 saturated carbocycles. The van der Waals surface area contributed by atoms with Crippen molar-refractivity contribution in [3.63, 3.8) is 0 Å². The number of para-hydroxylation sites is 2. The molecule has 1 atom stereocenters. The molecule has 1 aliphatic carbocycles. The van der Waals surface area contributed by atoms with E-state index in [0.717, 1.165) is 22.6 Å². The summed E-state index contributed by atoms with van der Waals surface area (Å²) in [6.07, 6.45) is 1.12. The van der Waals surface area contributed by atoms with Gasteiger partial charge >= 0.3 is 0 Å². The molecule has 0 unspecified atom stereocenters. The van der Waals surface area contributed by atoms with E-state index in [-0.39, 0.29) is 23.9 Å². The Bertz CT molecular complexity index is 1380. The van der Waals surface area contributed by atoms with Crippen molar-refractivity contribution in [1.82, 2.24) is 0 Å². The number of fused-ring (bicyclic) bond motifs is 2. The molecule has 1 amide bonds. The highest BCUT2D eigenvalue weighted by atomic mass is 16.7. The van der Waals surface area contributed by atoms with Gasteiger partial charge < -0.3 is 14.8 Å². The van der Waals surface area contributed by atoms with Gasteiger partial charge in [-0.2, -0.15) is 0 Å². The second-order valence-electron chi connectivity index (χ2n) is 10.0. The molecule has 2 aliphatic heterocycles. The summed E-state index contributed by atoms with van der Waals surface area (Å²) >= 11 is 0. The summed E-state index contributed by atoms with van der Waals surface area (Å²) in [5, 5.41) is 3.54. The quantitative estimate of drug-likeness (QED) is 0.511. The number of benzene rings is 3. The monoisotopic (exact) mass is 466 g/mol. The summed E-state index contributed by atoms with van der Waals surface area (Å²) < 4.78 is 11.2. The van der Waals surface area contributed by atoms with Crippen LogP contribution in [0.3, 0.4) is 0 Å². The Morgan fingerprint density at radius 3 is 2.51 bits per heavy atom. The predicted octanol–water partition coefficient (Wildman–Crippen LogP) is 5.87. The van der Waals surface area contributed by atoms with Crippen molar-refractivity contribution in [2.24, 2.45) is 5.41 Å². The zero-order chi connectivity index (χ0) is 24.2. The van der Waals surface area contributed by atoms with Crippen molar-refractivity contribution in [2.75, 3.05) is 17.0 Å². The molecular weight excluding hydrogens is 440 g/mol. The molecule has 6 heteroatoms. The van der Waals surface area contributed by atoms with Crippen molar-refractivity contribution in [1.29, 1.82) is 0 Å². The Morgan fingerprint density at radius 1 is 0.943 bits per heavy atom. The summed E-state index contributed by atoms with van der Waals surface area (Å²) in [6, 6.07) is 22.0. The molecule has 6 rings (SSSR count). The number of rotatable bonds is 2. The summed E-state index contributed by atoms with van der Waals surface area (Å²) in [4.78, 5) is 29.7. The Labute approximate surface area is 204 Å². The summed E-state index contributed by atoms with van der Waals surface area (Å²) in [5.41, 5.74) is 4.20. The van der Waals surface area contributed by atoms with Crippen LogP contribution < -0.4 is 19.7 Å². The van der Waals surface area contributed by atoms with Crippen molar-refractivity contribution in [3.05, 3.63) is 95.2 Å². The number of hydrogen-bond acceptors (Lipinski definition) is 5. The topological polar surface area (TPSA) is 67.9 Å². The number of nitrogens with zero attached hydrogens (tertiary/aromatic N) is 1. The number of nitrogens with one attached hydrogen (secondary N) is 1. The van der Waals surface area contributed by atoms with Gasteiger partial charge in [0.25, 0.3) is 5.91 Å². The van der Waals surface area contributed by atoms with Crippen LogP contribution in [0.5, 0.6) is 11.5 Å². The van der Waals surface area contributed by atoms with E-state index in [0.29, 0.717) is 35.5 Å². The van der Waals surface area contributed by atoms with Crippen molar-refractivity contribution in [2.45, 2.75) is 32.7 Å². The van der Waals surface area contributed by atoms with E-state index in [1.807, 2.05) is 60.7 Å². The molecule has 0 bridgehead atoms. The zero-order valence-electron chi connectivity index (χ0n) is 19.7. The highest BCUT2D eigenvalue weighted by Crippen LogP contribution is 2.49. The van der Waals surface area contributed by atoms with Gasteiger partial charge in [-0.15, -0.1) is 0 Å². The van der Waals surface area contributed by atoms with Crippen molar-refractivity contribution >= 4 is 23.1 Å². The molecule has 2 heterocycles. The van der Waals surface area contributed by atoms with Crippen molar-refractivity contribution < 1.29 is 19.1 Å². The number of Topliss-reactive ketones (excluding diaryl/α,β-unsaturated/α-hetero) is 1. The summed E-state index contributed by atoms with van der Waals surface area (Å²) in [7, 11) is 0. The van der Waals surface area contributed by atoms with Gasteiger partial charge in [0.2, 0.25) is 6.79 Å². The van der Waals surface area contributed by atoms with Crippen LogP contribution in [0.2, 0.25) is 0 Å². The maximum absolute atomic E-state index is 14.1. The van der Waals surface area contributed by atoms with E-state index in [1.54, 1.807) is 17.0 Å². The van der Waals surface area contributed by atoms with Crippen LogP contribution in [0.4, 0.5) is 11.4 Å². The number of ketones is 1. The first-order valence-electron chi connectivity index (χ1n) is 11.8. The first-order valence-corrected chi connectivity index (χ1v) is 11.8. The number of anilines is 2. The third-order valence-corrected chi connectivity index (χ3v) is 6.85. The van der Waals surface area contributed by atoms with Gasteiger partial charge in [0.05, 0.1) is 17.4 Å². The molecule has 0 saturated heterocycles. The largest absolute Gasteiger partial charge is 0.454 e. The lowest BCUT2D eigenvalue weighted by molar-refractivity contribution is -0.118. The molecule has 0 aromatic heterocycles. The number of allylic oxidation sites excluding steroid dienone is 1. The number of amides is 1. The lowest BCUT2D eigenvalue weighted by Crippen LogP contribution is -2.39. The van der Waals surface area contributed by atoms with Crippen LogP contribution in [0.25, 0.3) is 0 Å². The Hall–Kier alpha value is -4.06.